The fourth-order valence-electron chi connectivity index (χ4n) is 4.03. The number of ether oxygens (including phenoxy) is 1. The summed E-state index contributed by atoms with van der Waals surface area (Å²) in [7, 11) is 1.68. The van der Waals surface area contributed by atoms with Crippen molar-refractivity contribution >= 4 is 46.6 Å². The van der Waals surface area contributed by atoms with Gasteiger partial charge in [0.05, 0.1) is 11.1 Å². The average molecular weight is 486 g/mol. The SMILES string of the molecule is C[C@@H]1CN(c2ncnc3c2c(N(C)C=O)cn3-c2cc(Cl)ccn2)CCN1C(=O)OC(C)(C)C. The number of rotatable bonds is 4. The number of fused-ring (bicyclic) bond motifs is 1. The summed E-state index contributed by atoms with van der Waals surface area (Å²) in [5, 5.41) is 1.26. The lowest BCUT2D eigenvalue weighted by molar-refractivity contribution is -0.107. The number of halogens is 1. The van der Waals surface area contributed by atoms with Crippen molar-refractivity contribution < 1.29 is 14.3 Å². The predicted octanol–water partition coefficient (Wildman–Crippen LogP) is 3.51. The summed E-state index contributed by atoms with van der Waals surface area (Å²) < 4.78 is 7.36. The zero-order valence-electron chi connectivity index (χ0n) is 19.9. The van der Waals surface area contributed by atoms with Crippen molar-refractivity contribution in [2.75, 3.05) is 36.5 Å². The molecule has 0 bridgehead atoms. The van der Waals surface area contributed by atoms with E-state index in [0.717, 1.165) is 11.8 Å². The van der Waals surface area contributed by atoms with Gasteiger partial charge in [-0.25, -0.2) is 19.7 Å². The first-order valence-corrected chi connectivity index (χ1v) is 11.4. The van der Waals surface area contributed by atoms with E-state index in [9.17, 15) is 9.59 Å². The van der Waals surface area contributed by atoms with Gasteiger partial charge in [-0.3, -0.25) is 9.36 Å². The number of piperazine rings is 1. The summed E-state index contributed by atoms with van der Waals surface area (Å²) in [6.07, 6.45) is 5.33. The standard InChI is InChI=1S/C23H28ClN7O3/c1-15-11-29(8-9-30(15)22(33)34-23(2,3)4)20-19-17(28(5)14-32)12-31(21(19)27-13-26-20)18-10-16(24)6-7-25-18/h6-7,10,12-15H,8-9,11H2,1-5H3/t15-/m1/s1. The van der Waals surface area contributed by atoms with E-state index in [1.807, 2.05) is 27.7 Å². The molecule has 2 amide bonds. The zero-order chi connectivity index (χ0) is 24.6. The van der Waals surface area contributed by atoms with Gasteiger partial charge in [0.25, 0.3) is 0 Å². The number of pyridine rings is 1. The number of aromatic nitrogens is 4. The van der Waals surface area contributed by atoms with Crippen molar-refractivity contribution in [1.29, 1.82) is 0 Å². The molecule has 34 heavy (non-hydrogen) atoms. The summed E-state index contributed by atoms with van der Waals surface area (Å²) >= 11 is 6.19. The molecule has 11 heteroatoms. The molecule has 0 spiro atoms. The molecule has 0 aliphatic carbocycles. The van der Waals surface area contributed by atoms with Crippen LogP contribution >= 0.6 is 11.6 Å². The fourth-order valence-corrected chi connectivity index (χ4v) is 4.19. The van der Waals surface area contributed by atoms with Crippen LogP contribution in [0.3, 0.4) is 0 Å². The molecule has 3 aromatic heterocycles. The molecule has 1 aliphatic rings. The first-order valence-electron chi connectivity index (χ1n) is 11.0. The van der Waals surface area contributed by atoms with Crippen LogP contribution in [-0.2, 0) is 9.53 Å². The van der Waals surface area contributed by atoms with Gasteiger partial charge < -0.3 is 19.4 Å². The topological polar surface area (TPSA) is 96.7 Å². The van der Waals surface area contributed by atoms with E-state index >= 15 is 0 Å². The highest BCUT2D eigenvalue weighted by atomic mass is 35.5. The molecule has 4 rings (SSSR count). The molecule has 1 aliphatic heterocycles. The minimum atomic E-state index is -0.557. The Morgan fingerprint density at radius 2 is 2.03 bits per heavy atom. The first-order chi connectivity index (χ1) is 16.1. The Morgan fingerprint density at radius 1 is 1.26 bits per heavy atom. The van der Waals surface area contributed by atoms with E-state index in [4.69, 9.17) is 16.3 Å². The van der Waals surface area contributed by atoms with E-state index in [-0.39, 0.29) is 12.1 Å². The number of nitrogens with zero attached hydrogens (tertiary/aromatic N) is 7. The highest BCUT2D eigenvalue weighted by molar-refractivity contribution is 6.30. The summed E-state index contributed by atoms with van der Waals surface area (Å²) in [6, 6.07) is 3.33. The molecule has 1 atom stereocenters. The molecule has 0 radical (unpaired) electrons. The third kappa shape index (κ3) is 4.63. The second-order valence-electron chi connectivity index (χ2n) is 9.30. The Hall–Kier alpha value is -3.40. The molecule has 0 saturated carbocycles. The summed E-state index contributed by atoms with van der Waals surface area (Å²) in [5.41, 5.74) is 0.688. The van der Waals surface area contributed by atoms with Gasteiger partial charge in [0.1, 0.15) is 23.6 Å². The summed E-state index contributed by atoms with van der Waals surface area (Å²) in [4.78, 5) is 43.1. The summed E-state index contributed by atoms with van der Waals surface area (Å²) in [5.74, 6) is 1.26. The molecule has 3 aromatic rings. The number of hydrogen-bond acceptors (Lipinski definition) is 7. The largest absolute Gasteiger partial charge is 0.444 e. The van der Waals surface area contributed by atoms with Gasteiger partial charge in [-0.15, -0.1) is 0 Å². The average Bonchev–Trinajstić information content (AvgIpc) is 3.17. The molecule has 0 N–H and O–H groups in total. The lowest BCUT2D eigenvalue weighted by Crippen LogP contribution is -2.55. The van der Waals surface area contributed by atoms with Crippen LogP contribution < -0.4 is 9.80 Å². The lowest BCUT2D eigenvalue weighted by Gasteiger charge is -2.40. The molecule has 0 aromatic carbocycles. The molecular formula is C23H28ClN7O3. The monoisotopic (exact) mass is 485 g/mol. The van der Waals surface area contributed by atoms with Crippen LogP contribution in [0.25, 0.3) is 16.9 Å². The minimum absolute atomic E-state index is 0.0995. The van der Waals surface area contributed by atoms with Crippen LogP contribution in [-0.4, -0.2) is 75.2 Å². The molecule has 1 saturated heterocycles. The van der Waals surface area contributed by atoms with Crippen molar-refractivity contribution in [2.24, 2.45) is 0 Å². The maximum absolute atomic E-state index is 12.6. The maximum Gasteiger partial charge on any atom is 0.410 e. The van der Waals surface area contributed by atoms with Crippen molar-refractivity contribution in [3.8, 4) is 5.82 Å². The Bertz CT molecular complexity index is 1220. The van der Waals surface area contributed by atoms with Crippen LogP contribution in [0.5, 0.6) is 0 Å². The van der Waals surface area contributed by atoms with Crippen molar-refractivity contribution in [2.45, 2.75) is 39.3 Å². The van der Waals surface area contributed by atoms with Gasteiger partial charge in [-0.1, -0.05) is 11.6 Å². The second kappa shape index (κ2) is 9.09. The fraction of sp³-hybridized carbons (Fsp3) is 0.435. The van der Waals surface area contributed by atoms with Gasteiger partial charge in [-0.2, -0.15) is 0 Å². The van der Waals surface area contributed by atoms with E-state index in [1.165, 1.54) is 11.2 Å². The third-order valence-corrected chi connectivity index (χ3v) is 5.83. The second-order valence-corrected chi connectivity index (χ2v) is 9.73. The number of carbonyl (C=O) groups excluding carboxylic acids is 2. The van der Waals surface area contributed by atoms with Gasteiger partial charge in [0, 0.05) is 56.2 Å². The van der Waals surface area contributed by atoms with Gasteiger partial charge in [-0.05, 0) is 33.8 Å². The quantitative estimate of drug-likeness (QED) is 0.521. The van der Waals surface area contributed by atoms with Crippen LogP contribution in [0.15, 0.2) is 30.9 Å². The third-order valence-electron chi connectivity index (χ3n) is 5.59. The Kier molecular flexibility index (Phi) is 6.35. The molecular weight excluding hydrogens is 458 g/mol. The summed E-state index contributed by atoms with van der Waals surface area (Å²) in [6.45, 7) is 9.14. The van der Waals surface area contributed by atoms with Crippen LogP contribution in [0.2, 0.25) is 5.02 Å². The molecule has 0 unspecified atom stereocenters. The Labute approximate surface area is 203 Å². The molecule has 4 heterocycles. The van der Waals surface area contributed by atoms with Crippen LogP contribution in [0.1, 0.15) is 27.7 Å². The van der Waals surface area contributed by atoms with E-state index in [0.29, 0.717) is 47.6 Å². The normalized spacial score (nSPS) is 16.6. The van der Waals surface area contributed by atoms with Gasteiger partial charge in [0.2, 0.25) is 6.41 Å². The van der Waals surface area contributed by atoms with E-state index in [2.05, 4.69) is 19.9 Å². The van der Waals surface area contributed by atoms with E-state index < -0.39 is 5.60 Å². The van der Waals surface area contributed by atoms with Gasteiger partial charge in [0.15, 0.2) is 5.65 Å². The molecule has 10 nitrogen and oxygen atoms in total. The number of amides is 2. The first kappa shape index (κ1) is 23.7. The predicted molar refractivity (Wildman–Crippen MR) is 131 cm³/mol. The van der Waals surface area contributed by atoms with Crippen molar-refractivity contribution in [3.63, 3.8) is 0 Å². The van der Waals surface area contributed by atoms with Crippen molar-refractivity contribution in [1.82, 2.24) is 24.4 Å². The minimum Gasteiger partial charge on any atom is -0.444 e. The number of hydrogen-bond donors (Lipinski definition) is 0. The smallest absolute Gasteiger partial charge is 0.410 e. The molecule has 180 valence electrons. The highest BCUT2D eigenvalue weighted by Crippen LogP contribution is 2.36. The zero-order valence-corrected chi connectivity index (χ0v) is 20.7. The number of anilines is 2. The highest BCUT2D eigenvalue weighted by Gasteiger charge is 2.33. The lowest BCUT2D eigenvalue weighted by atomic mass is 10.1. The van der Waals surface area contributed by atoms with Crippen LogP contribution in [0, 0.1) is 0 Å². The molecule has 1 fully saturated rings. The Balaban J connectivity index is 1.73. The van der Waals surface area contributed by atoms with Gasteiger partial charge >= 0.3 is 6.09 Å². The Morgan fingerprint density at radius 3 is 2.68 bits per heavy atom. The number of carbonyl (C=O) groups is 2. The van der Waals surface area contributed by atoms with Crippen molar-refractivity contribution in [3.05, 3.63) is 35.9 Å². The van der Waals surface area contributed by atoms with Crippen LogP contribution in [0.4, 0.5) is 16.3 Å². The maximum atomic E-state index is 12.6. The van der Waals surface area contributed by atoms with E-state index in [1.54, 1.807) is 41.0 Å².